The largest absolute Gasteiger partial charge is 0.332 e. The van der Waals surface area contributed by atoms with E-state index in [-0.39, 0.29) is 11.9 Å². The number of carbonyl (C=O) groups is 1. The first kappa shape index (κ1) is 30.6. The van der Waals surface area contributed by atoms with Crippen LogP contribution in [0.2, 0.25) is 0 Å². The van der Waals surface area contributed by atoms with Crippen molar-refractivity contribution in [2.24, 2.45) is 5.92 Å². The number of aromatic nitrogens is 3. The van der Waals surface area contributed by atoms with Gasteiger partial charge in [0.1, 0.15) is 5.69 Å². The number of hydrogen-bond acceptors (Lipinski definition) is 6. The molecule has 2 aromatic carbocycles. The quantitative estimate of drug-likeness (QED) is 0.151. The Kier molecular flexibility index (Phi) is 10.7. The number of hydrogen-bond donors (Lipinski definition) is 0. The minimum absolute atomic E-state index is 0.114. The van der Waals surface area contributed by atoms with Crippen molar-refractivity contribution in [3.05, 3.63) is 89.6 Å². The predicted octanol–water partition coefficient (Wildman–Crippen LogP) is 7.68. The number of rotatable bonds is 13. The molecule has 5 rings (SSSR count). The molecule has 0 N–H and O–H groups in total. The molecule has 2 aromatic heterocycles. The molecule has 0 bridgehead atoms. The van der Waals surface area contributed by atoms with Crippen LogP contribution in [0.4, 0.5) is 0 Å². The summed E-state index contributed by atoms with van der Waals surface area (Å²) in [6.45, 7) is 10.6. The second kappa shape index (κ2) is 15.1. The fourth-order valence-electron chi connectivity index (χ4n) is 5.71. The Balaban J connectivity index is 1.30. The van der Waals surface area contributed by atoms with Gasteiger partial charge in [0, 0.05) is 43.0 Å². The first-order valence-electron chi connectivity index (χ1n) is 16.0. The summed E-state index contributed by atoms with van der Waals surface area (Å²) in [5, 5.41) is 4.16. The predicted molar refractivity (Wildman–Crippen MR) is 171 cm³/mol. The van der Waals surface area contributed by atoms with Crippen molar-refractivity contribution in [2.75, 3.05) is 19.6 Å². The van der Waals surface area contributed by atoms with Crippen LogP contribution in [-0.2, 0) is 13.0 Å². The van der Waals surface area contributed by atoms with Gasteiger partial charge in [-0.1, -0.05) is 81.2 Å². The standard InChI is InChI=1S/C36H45N5O2/c1-4-5-6-9-28-11-17-31(18-12-28)36(42)41(32-20-24-40(25-21-32)23-19-27(2)3)26-29-13-15-30(16-14-29)34-38-35(43-39-34)33-10-7-8-22-37-33/h7-8,10-18,22,27,32H,4-6,9,19-21,23-26H2,1-3H3. The average Bonchev–Trinajstić information content (AvgIpc) is 3.54. The Labute approximate surface area is 256 Å². The molecule has 0 saturated carbocycles. The zero-order chi connectivity index (χ0) is 30.0. The highest BCUT2D eigenvalue weighted by Gasteiger charge is 2.29. The van der Waals surface area contributed by atoms with Gasteiger partial charge >= 0.3 is 0 Å². The fraction of sp³-hybridized carbons (Fsp3) is 0.444. The van der Waals surface area contributed by atoms with E-state index < -0.39 is 0 Å². The Morgan fingerprint density at radius 3 is 2.40 bits per heavy atom. The molecule has 1 aliphatic heterocycles. The summed E-state index contributed by atoms with van der Waals surface area (Å²) in [5.41, 5.74) is 4.68. The van der Waals surface area contributed by atoms with Gasteiger partial charge in [0.15, 0.2) is 0 Å². The number of amides is 1. The molecule has 0 aliphatic carbocycles. The molecule has 4 aromatic rings. The van der Waals surface area contributed by atoms with Gasteiger partial charge in [0.2, 0.25) is 5.82 Å². The highest BCUT2D eigenvalue weighted by molar-refractivity contribution is 5.94. The third kappa shape index (κ3) is 8.38. The van der Waals surface area contributed by atoms with Gasteiger partial charge in [-0.2, -0.15) is 4.98 Å². The summed E-state index contributed by atoms with van der Waals surface area (Å²) in [6, 6.07) is 22.3. The van der Waals surface area contributed by atoms with Crippen LogP contribution in [-0.4, -0.2) is 56.5 Å². The van der Waals surface area contributed by atoms with Crippen LogP contribution in [0.1, 0.15) is 80.8 Å². The monoisotopic (exact) mass is 579 g/mol. The Morgan fingerprint density at radius 1 is 0.977 bits per heavy atom. The molecule has 3 heterocycles. The molecule has 0 unspecified atom stereocenters. The van der Waals surface area contributed by atoms with Gasteiger partial charge in [0.05, 0.1) is 0 Å². The summed E-state index contributed by atoms with van der Waals surface area (Å²) in [5.74, 6) is 1.74. The SMILES string of the molecule is CCCCCc1ccc(C(=O)N(Cc2ccc(-c3noc(-c4ccccn4)n3)cc2)C2CCN(CCC(C)C)CC2)cc1. The van der Waals surface area contributed by atoms with Crippen molar-refractivity contribution in [3.63, 3.8) is 0 Å². The van der Waals surface area contributed by atoms with Gasteiger partial charge < -0.3 is 14.3 Å². The highest BCUT2D eigenvalue weighted by atomic mass is 16.5. The van der Waals surface area contributed by atoms with E-state index in [4.69, 9.17) is 4.52 Å². The maximum atomic E-state index is 14.0. The molecule has 226 valence electrons. The van der Waals surface area contributed by atoms with E-state index in [1.165, 1.54) is 31.2 Å². The van der Waals surface area contributed by atoms with Crippen molar-refractivity contribution < 1.29 is 9.32 Å². The maximum absolute atomic E-state index is 14.0. The Bertz CT molecular complexity index is 1410. The van der Waals surface area contributed by atoms with Crippen LogP contribution in [0.3, 0.4) is 0 Å². The number of piperidine rings is 1. The van der Waals surface area contributed by atoms with E-state index in [2.05, 4.69) is 70.0 Å². The number of pyridine rings is 1. The van der Waals surface area contributed by atoms with Gasteiger partial charge in [-0.05, 0) is 80.0 Å². The lowest BCUT2D eigenvalue weighted by Gasteiger charge is -2.39. The summed E-state index contributed by atoms with van der Waals surface area (Å²) in [7, 11) is 0. The summed E-state index contributed by atoms with van der Waals surface area (Å²) in [6.07, 6.45) is 9.62. The number of unbranched alkanes of at least 4 members (excludes halogenated alkanes) is 2. The summed E-state index contributed by atoms with van der Waals surface area (Å²) >= 11 is 0. The zero-order valence-electron chi connectivity index (χ0n) is 25.9. The van der Waals surface area contributed by atoms with Crippen LogP contribution >= 0.6 is 0 Å². The molecule has 7 nitrogen and oxygen atoms in total. The van der Waals surface area contributed by atoms with Gasteiger partial charge in [0.25, 0.3) is 11.8 Å². The Morgan fingerprint density at radius 2 is 1.72 bits per heavy atom. The first-order valence-corrected chi connectivity index (χ1v) is 16.0. The van der Waals surface area contributed by atoms with Crippen molar-refractivity contribution >= 4 is 5.91 Å². The average molecular weight is 580 g/mol. The molecule has 0 spiro atoms. The van der Waals surface area contributed by atoms with E-state index in [9.17, 15) is 4.79 Å². The number of benzene rings is 2. The number of aryl methyl sites for hydroxylation is 1. The maximum Gasteiger partial charge on any atom is 0.276 e. The van der Waals surface area contributed by atoms with Crippen molar-refractivity contribution in [3.8, 4) is 23.0 Å². The second-order valence-electron chi connectivity index (χ2n) is 12.2. The lowest BCUT2D eigenvalue weighted by molar-refractivity contribution is 0.0546. The molecular weight excluding hydrogens is 534 g/mol. The van der Waals surface area contributed by atoms with Crippen molar-refractivity contribution in [2.45, 2.75) is 78.3 Å². The minimum atomic E-state index is 0.114. The Hall–Kier alpha value is -3.84. The lowest BCUT2D eigenvalue weighted by Crippen LogP contribution is -2.47. The van der Waals surface area contributed by atoms with Crippen LogP contribution in [0.5, 0.6) is 0 Å². The number of likely N-dealkylation sites (tertiary alicyclic amines) is 1. The second-order valence-corrected chi connectivity index (χ2v) is 12.2. The number of carbonyl (C=O) groups excluding carboxylic acids is 1. The third-order valence-electron chi connectivity index (χ3n) is 8.43. The molecule has 1 aliphatic rings. The summed E-state index contributed by atoms with van der Waals surface area (Å²) < 4.78 is 5.45. The third-order valence-corrected chi connectivity index (χ3v) is 8.43. The first-order chi connectivity index (χ1) is 21.0. The molecule has 0 atom stereocenters. The van der Waals surface area contributed by atoms with E-state index in [1.807, 2.05) is 42.5 Å². The van der Waals surface area contributed by atoms with Crippen LogP contribution in [0.25, 0.3) is 23.0 Å². The molecule has 1 saturated heterocycles. The van der Waals surface area contributed by atoms with E-state index in [0.717, 1.165) is 55.6 Å². The van der Waals surface area contributed by atoms with Crippen molar-refractivity contribution in [1.29, 1.82) is 0 Å². The molecule has 1 fully saturated rings. The molecule has 0 radical (unpaired) electrons. The van der Waals surface area contributed by atoms with E-state index >= 15 is 0 Å². The molecule has 7 heteroatoms. The van der Waals surface area contributed by atoms with Gasteiger partial charge in [-0.3, -0.25) is 9.78 Å². The zero-order valence-corrected chi connectivity index (χ0v) is 25.9. The van der Waals surface area contributed by atoms with Crippen molar-refractivity contribution in [1.82, 2.24) is 24.9 Å². The normalized spacial score (nSPS) is 14.3. The van der Waals surface area contributed by atoms with Gasteiger partial charge in [-0.15, -0.1) is 0 Å². The van der Waals surface area contributed by atoms with Crippen LogP contribution in [0.15, 0.2) is 77.4 Å². The molecular formula is C36H45N5O2. The molecule has 1 amide bonds. The van der Waals surface area contributed by atoms with Gasteiger partial charge in [-0.25, -0.2) is 0 Å². The number of nitrogens with zero attached hydrogens (tertiary/aromatic N) is 5. The van der Waals surface area contributed by atoms with Crippen LogP contribution in [0, 0.1) is 5.92 Å². The molecule has 43 heavy (non-hydrogen) atoms. The topological polar surface area (TPSA) is 75.4 Å². The fourth-order valence-corrected chi connectivity index (χ4v) is 5.71. The lowest BCUT2D eigenvalue weighted by atomic mass is 9.99. The highest BCUT2D eigenvalue weighted by Crippen LogP contribution is 2.25. The van der Waals surface area contributed by atoms with Crippen LogP contribution < -0.4 is 0 Å². The van der Waals surface area contributed by atoms with E-state index in [0.29, 0.717) is 29.9 Å². The minimum Gasteiger partial charge on any atom is -0.332 e. The van der Waals surface area contributed by atoms with E-state index in [1.54, 1.807) is 6.20 Å². The smallest absolute Gasteiger partial charge is 0.276 e. The summed E-state index contributed by atoms with van der Waals surface area (Å²) in [4.78, 5) is 27.5.